The quantitative estimate of drug-likeness (QED) is 0.764. The molecule has 5 nitrogen and oxygen atoms in total. The number of anilines is 1. The molecule has 0 atom stereocenters. The van der Waals surface area contributed by atoms with Gasteiger partial charge in [-0.3, -0.25) is 4.79 Å². The Morgan fingerprint density at radius 1 is 1.20 bits per heavy atom. The van der Waals surface area contributed by atoms with E-state index in [0.717, 1.165) is 17.7 Å². The molecule has 0 bridgehead atoms. The van der Waals surface area contributed by atoms with E-state index in [-0.39, 0.29) is 11.4 Å². The zero-order chi connectivity index (χ0) is 18.1. The van der Waals surface area contributed by atoms with Crippen molar-refractivity contribution in [3.63, 3.8) is 0 Å². The van der Waals surface area contributed by atoms with Crippen LogP contribution in [0, 0.1) is 25.5 Å². The van der Waals surface area contributed by atoms with E-state index in [2.05, 4.69) is 15.6 Å². The van der Waals surface area contributed by atoms with Crippen molar-refractivity contribution in [1.82, 2.24) is 15.0 Å². The lowest BCUT2D eigenvalue weighted by Gasteiger charge is -2.09. The van der Waals surface area contributed by atoms with E-state index in [1.807, 2.05) is 6.92 Å². The first-order valence-corrected chi connectivity index (χ1v) is 7.70. The molecule has 0 unspecified atom stereocenters. The van der Waals surface area contributed by atoms with Crippen LogP contribution in [0.2, 0.25) is 5.02 Å². The van der Waals surface area contributed by atoms with Gasteiger partial charge in [0.1, 0.15) is 11.6 Å². The fraction of sp³-hybridized carbons (Fsp3) is 0.118. The third kappa shape index (κ3) is 3.23. The highest BCUT2D eigenvalue weighted by atomic mass is 35.5. The highest BCUT2D eigenvalue weighted by molar-refractivity contribution is 6.31. The Balaban J connectivity index is 1.93. The topological polar surface area (TPSA) is 59.8 Å². The molecule has 1 aromatic heterocycles. The molecular weight excluding hydrogens is 350 g/mol. The molecule has 1 heterocycles. The Bertz CT molecular complexity index is 971. The van der Waals surface area contributed by atoms with E-state index in [4.69, 9.17) is 11.6 Å². The normalized spacial score (nSPS) is 10.8. The van der Waals surface area contributed by atoms with Crippen LogP contribution >= 0.6 is 11.6 Å². The van der Waals surface area contributed by atoms with Gasteiger partial charge in [0, 0.05) is 11.1 Å². The molecular formula is C17H13ClF2N4O. The first-order valence-electron chi connectivity index (χ1n) is 7.32. The van der Waals surface area contributed by atoms with Crippen LogP contribution in [0.4, 0.5) is 14.5 Å². The molecule has 0 radical (unpaired) electrons. The number of carbonyl (C=O) groups is 1. The molecule has 0 fully saturated rings. The molecule has 0 aliphatic heterocycles. The molecule has 8 heteroatoms. The van der Waals surface area contributed by atoms with E-state index in [0.29, 0.717) is 22.5 Å². The second-order valence-corrected chi connectivity index (χ2v) is 5.80. The molecule has 3 rings (SSSR count). The van der Waals surface area contributed by atoms with Crippen LogP contribution in [0.1, 0.15) is 21.7 Å². The van der Waals surface area contributed by atoms with Gasteiger partial charge in [0.15, 0.2) is 5.69 Å². The zero-order valence-corrected chi connectivity index (χ0v) is 14.1. The van der Waals surface area contributed by atoms with Crippen LogP contribution in [0.5, 0.6) is 0 Å². The minimum absolute atomic E-state index is 0.0306. The summed E-state index contributed by atoms with van der Waals surface area (Å²) >= 11 is 6.11. The third-order valence-corrected chi connectivity index (χ3v) is 4.17. The number of halogens is 3. The molecule has 0 aliphatic rings. The molecule has 3 aromatic rings. The number of benzene rings is 2. The van der Waals surface area contributed by atoms with Crippen LogP contribution in [0.3, 0.4) is 0 Å². The summed E-state index contributed by atoms with van der Waals surface area (Å²) in [6, 6.07) is 8.19. The Hall–Kier alpha value is -2.80. The van der Waals surface area contributed by atoms with Crippen LogP contribution in [-0.4, -0.2) is 20.9 Å². The predicted octanol–water partition coefficient (Wildman–Crippen LogP) is 4.07. The number of amides is 1. The molecule has 1 amide bonds. The van der Waals surface area contributed by atoms with Crippen molar-refractivity contribution in [2.24, 2.45) is 0 Å². The Kier molecular flexibility index (Phi) is 4.50. The minimum atomic E-state index is -0.871. The van der Waals surface area contributed by atoms with E-state index in [1.54, 1.807) is 25.1 Å². The van der Waals surface area contributed by atoms with Crippen LogP contribution in [0.25, 0.3) is 5.69 Å². The van der Waals surface area contributed by atoms with E-state index in [1.165, 1.54) is 4.68 Å². The number of nitrogens with one attached hydrogen (secondary N) is 1. The molecule has 0 saturated heterocycles. The average molecular weight is 363 g/mol. The lowest BCUT2D eigenvalue weighted by atomic mass is 10.2. The first-order chi connectivity index (χ1) is 11.9. The number of hydrogen-bond donors (Lipinski definition) is 1. The SMILES string of the molecule is Cc1c(Cl)cccc1-n1nnc(C(=O)Nc2ccc(F)cc2F)c1C. The Morgan fingerprint density at radius 3 is 2.68 bits per heavy atom. The van der Waals surface area contributed by atoms with Gasteiger partial charge in [-0.1, -0.05) is 22.9 Å². The summed E-state index contributed by atoms with van der Waals surface area (Å²) in [4.78, 5) is 12.4. The molecule has 2 aromatic carbocycles. The summed E-state index contributed by atoms with van der Waals surface area (Å²) in [5, 5.41) is 10.8. The van der Waals surface area contributed by atoms with E-state index in [9.17, 15) is 13.6 Å². The number of aromatic nitrogens is 3. The van der Waals surface area contributed by atoms with Gasteiger partial charge in [-0.2, -0.15) is 0 Å². The summed E-state index contributed by atoms with van der Waals surface area (Å²) in [5.41, 5.74) is 1.82. The lowest BCUT2D eigenvalue weighted by molar-refractivity contribution is 0.102. The van der Waals surface area contributed by atoms with Gasteiger partial charge in [-0.25, -0.2) is 13.5 Å². The highest BCUT2D eigenvalue weighted by Crippen LogP contribution is 2.23. The van der Waals surface area contributed by atoms with Crippen LogP contribution < -0.4 is 5.32 Å². The molecule has 0 aliphatic carbocycles. The largest absolute Gasteiger partial charge is 0.318 e. The van der Waals surface area contributed by atoms with Crippen molar-refractivity contribution < 1.29 is 13.6 Å². The van der Waals surface area contributed by atoms with E-state index >= 15 is 0 Å². The predicted molar refractivity (Wildman–Crippen MR) is 90.2 cm³/mol. The average Bonchev–Trinajstić information content (AvgIpc) is 2.94. The smallest absolute Gasteiger partial charge is 0.278 e. The fourth-order valence-electron chi connectivity index (χ4n) is 2.37. The molecule has 0 saturated carbocycles. The minimum Gasteiger partial charge on any atom is -0.318 e. The van der Waals surface area contributed by atoms with Gasteiger partial charge >= 0.3 is 0 Å². The molecule has 0 spiro atoms. The number of nitrogens with zero attached hydrogens (tertiary/aromatic N) is 3. The van der Waals surface area contributed by atoms with Crippen molar-refractivity contribution in [2.75, 3.05) is 5.32 Å². The first kappa shape index (κ1) is 17.0. The molecule has 25 heavy (non-hydrogen) atoms. The van der Waals surface area contributed by atoms with Crippen molar-refractivity contribution in [1.29, 1.82) is 0 Å². The standard InChI is InChI=1S/C17H13ClF2N4O/c1-9-12(18)4-3-5-15(9)24-10(2)16(22-23-24)17(25)21-14-7-6-11(19)8-13(14)20/h3-8H,1-2H3,(H,21,25). The van der Waals surface area contributed by atoms with Gasteiger partial charge in [-0.05, 0) is 43.7 Å². The lowest BCUT2D eigenvalue weighted by Crippen LogP contribution is -2.15. The summed E-state index contributed by atoms with van der Waals surface area (Å²) < 4.78 is 28.1. The maximum Gasteiger partial charge on any atom is 0.278 e. The van der Waals surface area contributed by atoms with Gasteiger partial charge in [0.05, 0.1) is 17.1 Å². The highest BCUT2D eigenvalue weighted by Gasteiger charge is 2.20. The summed E-state index contributed by atoms with van der Waals surface area (Å²) in [6.07, 6.45) is 0. The third-order valence-electron chi connectivity index (χ3n) is 3.76. The second-order valence-electron chi connectivity index (χ2n) is 5.40. The van der Waals surface area contributed by atoms with Crippen molar-refractivity contribution in [3.8, 4) is 5.69 Å². The van der Waals surface area contributed by atoms with Crippen molar-refractivity contribution >= 4 is 23.2 Å². The number of hydrogen-bond acceptors (Lipinski definition) is 3. The van der Waals surface area contributed by atoms with E-state index < -0.39 is 17.5 Å². The summed E-state index contributed by atoms with van der Waals surface area (Å²) in [5.74, 6) is -2.24. The second kappa shape index (κ2) is 6.60. The maximum atomic E-state index is 13.7. The van der Waals surface area contributed by atoms with Gasteiger partial charge < -0.3 is 5.32 Å². The Labute approximate surface area is 147 Å². The molecule has 128 valence electrons. The van der Waals surface area contributed by atoms with Gasteiger partial charge in [0.25, 0.3) is 5.91 Å². The van der Waals surface area contributed by atoms with Crippen LogP contribution in [-0.2, 0) is 0 Å². The number of rotatable bonds is 3. The van der Waals surface area contributed by atoms with Crippen LogP contribution in [0.15, 0.2) is 36.4 Å². The molecule has 1 N–H and O–H groups in total. The van der Waals surface area contributed by atoms with Crippen molar-refractivity contribution in [2.45, 2.75) is 13.8 Å². The fourth-order valence-corrected chi connectivity index (χ4v) is 2.54. The Morgan fingerprint density at radius 2 is 1.96 bits per heavy atom. The maximum absolute atomic E-state index is 13.7. The zero-order valence-electron chi connectivity index (χ0n) is 13.3. The number of carbonyl (C=O) groups excluding carboxylic acids is 1. The van der Waals surface area contributed by atoms with Crippen molar-refractivity contribution in [3.05, 3.63) is 70.0 Å². The summed E-state index contributed by atoms with van der Waals surface area (Å²) in [6.45, 7) is 3.49. The van der Waals surface area contributed by atoms with Gasteiger partial charge in [0.2, 0.25) is 0 Å². The van der Waals surface area contributed by atoms with Gasteiger partial charge in [-0.15, -0.1) is 5.10 Å². The summed E-state index contributed by atoms with van der Waals surface area (Å²) in [7, 11) is 0. The monoisotopic (exact) mass is 362 g/mol.